The lowest BCUT2D eigenvalue weighted by Crippen LogP contribution is -2.40. The number of benzene rings is 3. The number of amides is 1. The standard InChI is InChI=1S/C35H31ClN4O5/c1-3-4-8-31(40(35(42)43)45-24(2)41)17-16-28-22-34(26-10-13-27(36)14-11-26)39(38-28)30-18-20-32(21-19-30)44-23-29-15-12-25-7-5-6-9-33(25)37-29/h5-7,9-15,18-22,31H,3-4,8,23H2,1-2H3,(H,42,43). The van der Waals surface area contributed by atoms with E-state index in [4.69, 9.17) is 26.3 Å². The van der Waals surface area contributed by atoms with E-state index in [1.165, 1.54) is 0 Å². The number of para-hydroxylation sites is 1. The van der Waals surface area contributed by atoms with Gasteiger partial charge in [0.1, 0.15) is 24.1 Å². The van der Waals surface area contributed by atoms with Crippen molar-refractivity contribution >= 4 is 34.6 Å². The minimum atomic E-state index is -1.40. The number of rotatable bonds is 9. The smallest absolute Gasteiger partial charge is 0.442 e. The highest BCUT2D eigenvalue weighted by molar-refractivity contribution is 6.30. The van der Waals surface area contributed by atoms with Gasteiger partial charge in [-0.2, -0.15) is 5.10 Å². The van der Waals surface area contributed by atoms with Crippen LogP contribution in [0.15, 0.2) is 91.0 Å². The van der Waals surface area contributed by atoms with Gasteiger partial charge < -0.3 is 14.7 Å². The van der Waals surface area contributed by atoms with Crippen LogP contribution in [0, 0.1) is 11.8 Å². The molecule has 9 nitrogen and oxygen atoms in total. The van der Waals surface area contributed by atoms with Gasteiger partial charge in [-0.3, -0.25) is 4.79 Å². The number of unbranched alkanes of at least 4 members (excludes halogenated alkanes) is 1. The number of carbonyl (C=O) groups is 2. The second kappa shape index (κ2) is 14.4. The maximum atomic E-state index is 11.9. The number of carboxylic acid groups (broad SMARTS) is 1. The molecule has 2 aromatic heterocycles. The van der Waals surface area contributed by atoms with E-state index in [0.717, 1.165) is 46.9 Å². The van der Waals surface area contributed by atoms with Crippen molar-refractivity contribution in [3.8, 4) is 34.5 Å². The Morgan fingerprint density at radius 2 is 1.78 bits per heavy atom. The predicted octanol–water partition coefficient (Wildman–Crippen LogP) is 7.69. The van der Waals surface area contributed by atoms with Crippen molar-refractivity contribution in [2.45, 2.75) is 45.8 Å². The second-order valence-electron chi connectivity index (χ2n) is 10.2. The number of fused-ring (bicyclic) bond motifs is 1. The average Bonchev–Trinajstić information content (AvgIpc) is 3.47. The van der Waals surface area contributed by atoms with E-state index < -0.39 is 18.1 Å². The quantitative estimate of drug-likeness (QED) is 0.133. The van der Waals surface area contributed by atoms with Gasteiger partial charge in [0.15, 0.2) is 0 Å². The number of hydrogen-bond acceptors (Lipinski definition) is 6. The molecule has 1 amide bonds. The van der Waals surface area contributed by atoms with Crippen molar-refractivity contribution in [3.63, 3.8) is 0 Å². The van der Waals surface area contributed by atoms with Gasteiger partial charge in [-0.15, -0.1) is 5.06 Å². The summed E-state index contributed by atoms with van der Waals surface area (Å²) in [5, 5.41) is 16.7. The lowest BCUT2D eigenvalue weighted by molar-refractivity contribution is -0.182. The minimum absolute atomic E-state index is 0.321. The van der Waals surface area contributed by atoms with Crippen molar-refractivity contribution in [2.24, 2.45) is 0 Å². The van der Waals surface area contributed by atoms with Gasteiger partial charge in [-0.05, 0) is 60.9 Å². The summed E-state index contributed by atoms with van der Waals surface area (Å²) < 4.78 is 7.77. The van der Waals surface area contributed by atoms with E-state index >= 15 is 0 Å². The summed E-state index contributed by atoms with van der Waals surface area (Å²) in [4.78, 5) is 33.0. The molecule has 1 unspecified atom stereocenters. The number of carbonyl (C=O) groups excluding carboxylic acids is 1. The largest absolute Gasteiger partial charge is 0.487 e. The average molecular weight is 623 g/mol. The van der Waals surface area contributed by atoms with Crippen LogP contribution in [0.3, 0.4) is 0 Å². The molecule has 3 aromatic carbocycles. The van der Waals surface area contributed by atoms with Crippen LogP contribution in [0.5, 0.6) is 5.75 Å². The highest BCUT2D eigenvalue weighted by atomic mass is 35.5. The van der Waals surface area contributed by atoms with E-state index in [2.05, 4.69) is 16.8 Å². The summed E-state index contributed by atoms with van der Waals surface area (Å²) in [6, 6.07) is 27.8. The molecule has 0 fully saturated rings. The Kier molecular flexibility index (Phi) is 9.97. The van der Waals surface area contributed by atoms with Gasteiger partial charge >= 0.3 is 12.1 Å². The highest BCUT2D eigenvalue weighted by Gasteiger charge is 2.25. The molecule has 0 aliphatic rings. The van der Waals surface area contributed by atoms with E-state index in [1.807, 2.05) is 85.8 Å². The molecule has 0 aliphatic heterocycles. The van der Waals surface area contributed by atoms with Crippen LogP contribution in [-0.2, 0) is 16.2 Å². The SMILES string of the molecule is CCCCC(C#Cc1cc(-c2ccc(Cl)cc2)n(-c2ccc(OCc3ccc4ccccc4n3)cc2)n1)N(OC(C)=O)C(=O)O. The lowest BCUT2D eigenvalue weighted by atomic mass is 10.1. The van der Waals surface area contributed by atoms with Crippen molar-refractivity contribution in [1.29, 1.82) is 0 Å². The van der Waals surface area contributed by atoms with Crippen LogP contribution < -0.4 is 4.74 Å². The molecule has 5 aromatic rings. The first-order chi connectivity index (χ1) is 21.8. The van der Waals surface area contributed by atoms with Crippen molar-refractivity contribution in [1.82, 2.24) is 19.8 Å². The third-order valence-electron chi connectivity index (χ3n) is 6.87. The van der Waals surface area contributed by atoms with E-state index in [9.17, 15) is 14.7 Å². The Morgan fingerprint density at radius 3 is 2.49 bits per heavy atom. The molecule has 1 atom stereocenters. The summed E-state index contributed by atoms with van der Waals surface area (Å²) in [6.45, 7) is 3.46. The summed E-state index contributed by atoms with van der Waals surface area (Å²) in [7, 11) is 0. The molecule has 45 heavy (non-hydrogen) atoms. The van der Waals surface area contributed by atoms with Crippen LogP contribution >= 0.6 is 11.6 Å². The molecule has 0 spiro atoms. The zero-order valence-corrected chi connectivity index (χ0v) is 25.6. The van der Waals surface area contributed by atoms with Gasteiger partial charge in [0.25, 0.3) is 0 Å². The molecule has 0 aliphatic carbocycles. The Morgan fingerprint density at radius 1 is 1.02 bits per heavy atom. The van der Waals surface area contributed by atoms with Crippen LogP contribution in [0.25, 0.3) is 27.8 Å². The van der Waals surface area contributed by atoms with Crippen molar-refractivity contribution < 1.29 is 24.3 Å². The van der Waals surface area contributed by atoms with Crippen LogP contribution in [0.4, 0.5) is 4.79 Å². The van der Waals surface area contributed by atoms with Crippen molar-refractivity contribution in [3.05, 3.63) is 107 Å². The fourth-order valence-corrected chi connectivity index (χ4v) is 4.80. The number of aromatic nitrogens is 3. The first-order valence-electron chi connectivity index (χ1n) is 14.5. The second-order valence-corrected chi connectivity index (χ2v) is 10.7. The minimum Gasteiger partial charge on any atom is -0.487 e. The molecule has 0 radical (unpaired) electrons. The van der Waals surface area contributed by atoms with Gasteiger partial charge in [0.2, 0.25) is 0 Å². The monoisotopic (exact) mass is 622 g/mol. The first kappa shape index (κ1) is 31.1. The van der Waals surface area contributed by atoms with E-state index in [0.29, 0.717) is 41.0 Å². The number of halogens is 1. The summed E-state index contributed by atoms with van der Waals surface area (Å²) in [5.74, 6) is 5.89. The molecule has 0 bridgehead atoms. The fraction of sp³-hybridized carbons (Fsp3) is 0.200. The summed E-state index contributed by atoms with van der Waals surface area (Å²) in [6.07, 6.45) is 0.510. The van der Waals surface area contributed by atoms with Gasteiger partial charge in [0, 0.05) is 29.0 Å². The zero-order chi connectivity index (χ0) is 31.8. The van der Waals surface area contributed by atoms with Crippen LogP contribution in [0.1, 0.15) is 44.5 Å². The normalized spacial score (nSPS) is 11.4. The molecular formula is C35H31ClN4O5. The fourth-order valence-electron chi connectivity index (χ4n) is 4.67. The van der Waals surface area contributed by atoms with E-state index in [-0.39, 0.29) is 0 Å². The third kappa shape index (κ3) is 7.99. The lowest BCUT2D eigenvalue weighted by Gasteiger charge is -2.22. The van der Waals surface area contributed by atoms with Crippen LogP contribution in [-0.4, -0.2) is 43.0 Å². The first-order valence-corrected chi connectivity index (χ1v) is 14.8. The number of nitrogens with zero attached hydrogens (tertiary/aromatic N) is 4. The molecule has 0 saturated heterocycles. The topological polar surface area (TPSA) is 107 Å². The number of hydrogen-bond donors (Lipinski definition) is 1. The molecule has 5 rings (SSSR count). The number of pyridine rings is 1. The Hall–Kier alpha value is -5.33. The number of ether oxygens (including phenoxy) is 1. The Labute approximate surface area is 265 Å². The molecule has 1 N–H and O–H groups in total. The zero-order valence-electron chi connectivity index (χ0n) is 24.8. The third-order valence-corrected chi connectivity index (χ3v) is 7.12. The molecule has 228 valence electrons. The maximum Gasteiger partial charge on any atom is 0.442 e. The van der Waals surface area contributed by atoms with Crippen molar-refractivity contribution in [2.75, 3.05) is 0 Å². The summed E-state index contributed by atoms with van der Waals surface area (Å²) >= 11 is 6.15. The van der Waals surface area contributed by atoms with Gasteiger partial charge in [-0.1, -0.05) is 73.7 Å². The Bertz CT molecular complexity index is 1860. The van der Waals surface area contributed by atoms with Gasteiger partial charge in [0.05, 0.1) is 22.6 Å². The number of hydroxylamine groups is 2. The van der Waals surface area contributed by atoms with E-state index in [1.54, 1.807) is 16.8 Å². The summed E-state index contributed by atoms with van der Waals surface area (Å²) in [5.41, 5.74) is 4.53. The highest BCUT2D eigenvalue weighted by Crippen LogP contribution is 2.27. The van der Waals surface area contributed by atoms with Crippen LogP contribution in [0.2, 0.25) is 5.02 Å². The molecular weight excluding hydrogens is 592 g/mol. The molecule has 2 heterocycles. The Balaban J connectivity index is 1.42. The predicted molar refractivity (Wildman–Crippen MR) is 172 cm³/mol. The molecule has 10 heteroatoms. The van der Waals surface area contributed by atoms with Gasteiger partial charge in [-0.25, -0.2) is 14.5 Å². The maximum absolute atomic E-state index is 11.9. The molecule has 0 saturated carbocycles.